The van der Waals surface area contributed by atoms with Crippen molar-refractivity contribution < 1.29 is 0 Å². The second-order valence-electron chi connectivity index (χ2n) is 4.53. The molecule has 0 fully saturated rings. The van der Waals surface area contributed by atoms with Crippen LogP contribution in [0.2, 0.25) is 0 Å². The summed E-state index contributed by atoms with van der Waals surface area (Å²) in [5.41, 5.74) is 1.46. The van der Waals surface area contributed by atoms with Crippen molar-refractivity contribution in [3.05, 3.63) is 44.8 Å². The molecule has 0 bridgehead atoms. The monoisotopic (exact) mass is 279 g/mol. The Labute approximate surface area is 118 Å². The molecule has 2 rings (SSSR count). The third-order valence-electron chi connectivity index (χ3n) is 3.08. The van der Waals surface area contributed by atoms with Gasteiger partial charge in [-0.2, -0.15) is 11.3 Å². The van der Waals surface area contributed by atoms with Gasteiger partial charge in [0, 0.05) is 10.9 Å². The first-order valence-corrected chi connectivity index (χ1v) is 8.50. The molecule has 0 aliphatic carbocycles. The van der Waals surface area contributed by atoms with Gasteiger partial charge in [0.25, 0.3) is 0 Å². The largest absolute Gasteiger partial charge is 0.310 e. The van der Waals surface area contributed by atoms with Crippen LogP contribution in [0.25, 0.3) is 0 Å². The van der Waals surface area contributed by atoms with Crippen LogP contribution >= 0.6 is 22.7 Å². The van der Waals surface area contributed by atoms with Crippen molar-refractivity contribution in [1.29, 1.82) is 0 Å². The Morgan fingerprint density at radius 2 is 2.22 bits per heavy atom. The van der Waals surface area contributed by atoms with Crippen LogP contribution in [-0.4, -0.2) is 6.54 Å². The fraction of sp³-hybridized carbons (Fsp3) is 0.467. The summed E-state index contributed by atoms with van der Waals surface area (Å²) in [7, 11) is 0. The van der Waals surface area contributed by atoms with Gasteiger partial charge in [0.2, 0.25) is 0 Å². The normalized spacial score (nSPS) is 12.7. The van der Waals surface area contributed by atoms with E-state index in [9.17, 15) is 0 Å². The Bertz CT molecular complexity index is 406. The van der Waals surface area contributed by atoms with Crippen LogP contribution in [0.5, 0.6) is 0 Å². The summed E-state index contributed by atoms with van der Waals surface area (Å²) >= 11 is 3.67. The molecule has 1 atom stereocenters. The predicted octanol–water partition coefficient (Wildman–Crippen LogP) is 4.87. The predicted molar refractivity (Wildman–Crippen MR) is 82.6 cm³/mol. The van der Waals surface area contributed by atoms with Crippen LogP contribution in [0, 0.1) is 0 Å². The SMILES string of the molecule is CCCNC(CCCc1cccs1)c1ccsc1. The van der Waals surface area contributed by atoms with E-state index in [4.69, 9.17) is 0 Å². The molecule has 98 valence electrons. The van der Waals surface area contributed by atoms with Gasteiger partial charge in [0.15, 0.2) is 0 Å². The summed E-state index contributed by atoms with van der Waals surface area (Å²) in [5.74, 6) is 0. The summed E-state index contributed by atoms with van der Waals surface area (Å²) in [6.07, 6.45) is 4.91. The average molecular weight is 279 g/mol. The quantitative estimate of drug-likeness (QED) is 0.726. The fourth-order valence-corrected chi connectivity index (χ4v) is 3.58. The van der Waals surface area contributed by atoms with Gasteiger partial charge in [0.05, 0.1) is 0 Å². The van der Waals surface area contributed by atoms with E-state index < -0.39 is 0 Å². The van der Waals surface area contributed by atoms with Crippen molar-refractivity contribution >= 4 is 22.7 Å². The van der Waals surface area contributed by atoms with Gasteiger partial charge >= 0.3 is 0 Å². The first kappa shape index (κ1) is 13.8. The Balaban J connectivity index is 1.81. The van der Waals surface area contributed by atoms with Crippen LogP contribution in [0.1, 0.15) is 42.7 Å². The molecule has 1 nitrogen and oxygen atoms in total. The fourth-order valence-electron chi connectivity index (χ4n) is 2.11. The Morgan fingerprint density at radius 1 is 1.28 bits per heavy atom. The zero-order valence-corrected chi connectivity index (χ0v) is 12.5. The molecule has 2 aromatic rings. The van der Waals surface area contributed by atoms with E-state index in [2.05, 4.69) is 46.6 Å². The number of thiophene rings is 2. The molecule has 3 heteroatoms. The first-order valence-electron chi connectivity index (χ1n) is 6.68. The number of hydrogen-bond acceptors (Lipinski definition) is 3. The molecule has 0 aliphatic heterocycles. The number of rotatable bonds is 8. The zero-order valence-electron chi connectivity index (χ0n) is 10.9. The third-order valence-corrected chi connectivity index (χ3v) is 4.72. The summed E-state index contributed by atoms with van der Waals surface area (Å²) in [4.78, 5) is 1.51. The maximum atomic E-state index is 3.66. The summed E-state index contributed by atoms with van der Waals surface area (Å²) < 4.78 is 0. The van der Waals surface area contributed by atoms with Crippen LogP contribution in [0.4, 0.5) is 0 Å². The van der Waals surface area contributed by atoms with E-state index >= 15 is 0 Å². The maximum absolute atomic E-state index is 3.66. The van der Waals surface area contributed by atoms with Crippen LogP contribution in [0.3, 0.4) is 0 Å². The highest BCUT2D eigenvalue weighted by Gasteiger charge is 2.10. The van der Waals surface area contributed by atoms with Crippen LogP contribution in [-0.2, 0) is 6.42 Å². The minimum absolute atomic E-state index is 0.538. The van der Waals surface area contributed by atoms with E-state index in [-0.39, 0.29) is 0 Å². The highest BCUT2D eigenvalue weighted by Crippen LogP contribution is 2.23. The van der Waals surface area contributed by atoms with Crippen LogP contribution in [0.15, 0.2) is 34.3 Å². The molecule has 18 heavy (non-hydrogen) atoms. The van der Waals surface area contributed by atoms with E-state index in [1.165, 1.54) is 36.1 Å². The lowest BCUT2D eigenvalue weighted by molar-refractivity contribution is 0.486. The van der Waals surface area contributed by atoms with E-state index in [1.54, 1.807) is 11.3 Å². The van der Waals surface area contributed by atoms with Gasteiger partial charge in [0.1, 0.15) is 0 Å². The summed E-state index contributed by atoms with van der Waals surface area (Å²) in [6, 6.07) is 7.18. The van der Waals surface area contributed by atoms with Gasteiger partial charge in [-0.3, -0.25) is 0 Å². The molecule has 0 radical (unpaired) electrons. The highest BCUT2D eigenvalue weighted by molar-refractivity contribution is 7.09. The van der Waals surface area contributed by atoms with E-state index in [0.717, 1.165) is 6.54 Å². The van der Waals surface area contributed by atoms with E-state index in [0.29, 0.717) is 6.04 Å². The number of hydrogen-bond donors (Lipinski definition) is 1. The summed E-state index contributed by atoms with van der Waals surface area (Å²) in [5, 5.41) is 10.3. The lowest BCUT2D eigenvalue weighted by Crippen LogP contribution is -2.21. The lowest BCUT2D eigenvalue weighted by Gasteiger charge is -2.17. The minimum Gasteiger partial charge on any atom is -0.310 e. The molecule has 0 aliphatic rings. The van der Waals surface area contributed by atoms with Gasteiger partial charge in [-0.15, -0.1) is 11.3 Å². The Hall–Kier alpha value is -0.640. The molecule has 0 amide bonds. The summed E-state index contributed by atoms with van der Waals surface area (Å²) in [6.45, 7) is 3.34. The van der Waals surface area contributed by atoms with E-state index in [1.807, 2.05) is 11.3 Å². The lowest BCUT2D eigenvalue weighted by atomic mass is 10.0. The maximum Gasteiger partial charge on any atom is 0.0328 e. The third kappa shape index (κ3) is 4.23. The topological polar surface area (TPSA) is 12.0 Å². The van der Waals surface area contributed by atoms with Gasteiger partial charge < -0.3 is 5.32 Å². The molecular weight excluding hydrogens is 258 g/mol. The smallest absolute Gasteiger partial charge is 0.0328 e. The van der Waals surface area contributed by atoms with Gasteiger partial charge in [-0.1, -0.05) is 13.0 Å². The van der Waals surface area contributed by atoms with Gasteiger partial charge in [-0.25, -0.2) is 0 Å². The average Bonchev–Trinajstić information content (AvgIpc) is 3.05. The molecule has 0 saturated carbocycles. The van der Waals surface area contributed by atoms with Crippen molar-refractivity contribution in [3.8, 4) is 0 Å². The standard InChI is InChI=1S/C15H21NS2/c1-2-9-16-15(13-8-11-17-12-13)7-3-5-14-6-4-10-18-14/h4,6,8,10-12,15-16H,2-3,5,7,9H2,1H3. The second kappa shape index (κ2) is 7.72. The molecular formula is C15H21NS2. The highest BCUT2D eigenvalue weighted by atomic mass is 32.1. The van der Waals surface area contributed by atoms with Crippen molar-refractivity contribution in [2.24, 2.45) is 0 Å². The van der Waals surface area contributed by atoms with Crippen molar-refractivity contribution in [2.75, 3.05) is 6.54 Å². The molecule has 0 saturated heterocycles. The Morgan fingerprint density at radius 3 is 2.89 bits per heavy atom. The molecule has 2 heterocycles. The number of aryl methyl sites for hydroxylation is 1. The first-order chi connectivity index (χ1) is 8.90. The number of nitrogens with one attached hydrogen (secondary N) is 1. The zero-order chi connectivity index (χ0) is 12.6. The second-order valence-corrected chi connectivity index (χ2v) is 6.35. The van der Waals surface area contributed by atoms with Crippen LogP contribution < -0.4 is 5.32 Å². The molecule has 1 N–H and O–H groups in total. The molecule has 1 unspecified atom stereocenters. The van der Waals surface area contributed by atoms with Crippen molar-refractivity contribution in [2.45, 2.75) is 38.6 Å². The molecule has 0 aromatic carbocycles. The Kier molecular flexibility index (Phi) is 5.91. The van der Waals surface area contributed by atoms with Gasteiger partial charge in [-0.05, 0) is 66.1 Å². The van der Waals surface area contributed by atoms with Crippen molar-refractivity contribution in [1.82, 2.24) is 5.32 Å². The molecule has 0 spiro atoms. The minimum atomic E-state index is 0.538. The molecule has 2 aromatic heterocycles. The van der Waals surface area contributed by atoms with Crippen molar-refractivity contribution in [3.63, 3.8) is 0 Å².